The summed E-state index contributed by atoms with van der Waals surface area (Å²) in [5.41, 5.74) is 4.62. The lowest BCUT2D eigenvalue weighted by Crippen LogP contribution is -2.55. The number of H-pyrrole nitrogens is 1. The minimum Gasteiger partial charge on any atom is -0.493 e. The maximum Gasteiger partial charge on any atom is 0.156 e. The lowest BCUT2D eigenvalue weighted by atomic mass is 10.1. The molecule has 0 aliphatic carbocycles. The van der Waals surface area contributed by atoms with Crippen molar-refractivity contribution in [1.82, 2.24) is 30.0 Å². The number of benzene rings is 1. The molecule has 1 aliphatic rings. The van der Waals surface area contributed by atoms with Crippen molar-refractivity contribution in [2.45, 2.75) is 52.6 Å². The van der Waals surface area contributed by atoms with E-state index in [2.05, 4.69) is 47.1 Å². The highest BCUT2D eigenvalue weighted by atomic mass is 32.1. The van der Waals surface area contributed by atoms with Gasteiger partial charge in [0.05, 0.1) is 23.4 Å². The second-order valence-corrected chi connectivity index (χ2v) is 9.53. The molecule has 7 nitrogen and oxygen atoms in total. The van der Waals surface area contributed by atoms with Crippen LogP contribution in [0.1, 0.15) is 45.4 Å². The zero-order chi connectivity index (χ0) is 23.7. The molecule has 4 rings (SSSR count). The number of thiocarbonyl (C=S) groups is 1. The fourth-order valence-electron chi connectivity index (χ4n) is 4.60. The first kappa shape index (κ1) is 23.8. The molecule has 2 atom stereocenters. The Hall–Kier alpha value is -2.36. The van der Waals surface area contributed by atoms with E-state index in [0.29, 0.717) is 29.2 Å². The third kappa shape index (κ3) is 4.81. The van der Waals surface area contributed by atoms with Crippen LogP contribution in [-0.2, 0) is 13.5 Å². The second-order valence-electron chi connectivity index (χ2n) is 8.76. The van der Waals surface area contributed by atoms with Crippen LogP contribution >= 0.6 is 24.4 Å². The monoisotopic (exact) mass is 484 g/mol. The Morgan fingerprint density at radius 1 is 1.21 bits per heavy atom. The van der Waals surface area contributed by atoms with Gasteiger partial charge in [0.25, 0.3) is 0 Å². The van der Waals surface area contributed by atoms with E-state index in [9.17, 15) is 0 Å². The van der Waals surface area contributed by atoms with E-state index in [0.717, 1.165) is 64.5 Å². The number of nitrogens with zero attached hydrogens (tertiary/aromatic N) is 4. The molecule has 3 aromatic rings. The number of aromatic nitrogens is 4. The van der Waals surface area contributed by atoms with Gasteiger partial charge in [0.15, 0.2) is 4.64 Å². The van der Waals surface area contributed by atoms with Crippen LogP contribution < -0.4 is 10.1 Å². The summed E-state index contributed by atoms with van der Waals surface area (Å²) in [6.07, 6.45) is 1.87. The van der Waals surface area contributed by atoms with Crippen LogP contribution in [0.4, 0.5) is 0 Å². The van der Waals surface area contributed by atoms with Gasteiger partial charge in [0, 0.05) is 37.8 Å². The molecule has 0 spiro atoms. The molecule has 2 N–H and O–H groups in total. The van der Waals surface area contributed by atoms with E-state index < -0.39 is 0 Å². The van der Waals surface area contributed by atoms with Gasteiger partial charge in [-0.1, -0.05) is 37.8 Å². The van der Waals surface area contributed by atoms with Crippen molar-refractivity contribution < 1.29 is 4.74 Å². The number of hydrogen-bond acceptors (Lipinski definition) is 6. The molecule has 33 heavy (non-hydrogen) atoms. The van der Waals surface area contributed by atoms with Gasteiger partial charge in [-0.05, 0) is 45.4 Å². The van der Waals surface area contributed by atoms with Gasteiger partial charge in [-0.15, -0.1) is 0 Å². The topological polar surface area (TPSA) is 71.0 Å². The molecule has 2 aromatic heterocycles. The van der Waals surface area contributed by atoms with Crippen LogP contribution in [0.25, 0.3) is 22.4 Å². The van der Waals surface area contributed by atoms with Crippen LogP contribution in [0.5, 0.6) is 5.75 Å². The first-order chi connectivity index (χ1) is 15.8. The fraction of sp³-hybridized carbons (Fsp3) is 0.500. The molecule has 1 saturated heterocycles. The van der Waals surface area contributed by atoms with Crippen molar-refractivity contribution in [3.8, 4) is 17.1 Å². The molecular formula is C24H32N6OS2. The van der Waals surface area contributed by atoms with Gasteiger partial charge in [0.2, 0.25) is 0 Å². The number of nitrogens with one attached hydrogen (secondary N) is 2. The Labute approximate surface area is 205 Å². The Balaban J connectivity index is 1.81. The number of aromatic amines is 1. The molecule has 0 unspecified atom stereocenters. The summed E-state index contributed by atoms with van der Waals surface area (Å²) in [4.78, 5) is 11.4. The Kier molecular flexibility index (Phi) is 7.11. The van der Waals surface area contributed by atoms with E-state index in [4.69, 9.17) is 34.2 Å². The molecule has 0 saturated carbocycles. The number of aryl methyl sites for hydroxylation is 2. The van der Waals surface area contributed by atoms with Crippen molar-refractivity contribution in [2.24, 2.45) is 7.05 Å². The number of piperazine rings is 1. The zero-order valence-corrected chi connectivity index (χ0v) is 21.6. The SMILES string of the molecule is CCCc1nn(C)c2c(=S)nc(-c3cc(C(=S)N4C[C@@H](C)N[C@@H](C)C4)ccc3OCC)[nH]c12. The van der Waals surface area contributed by atoms with Crippen LogP contribution in [0.2, 0.25) is 0 Å². The van der Waals surface area contributed by atoms with Crippen LogP contribution in [0, 0.1) is 4.64 Å². The Morgan fingerprint density at radius 3 is 2.61 bits per heavy atom. The average Bonchev–Trinajstić information content (AvgIpc) is 3.09. The van der Waals surface area contributed by atoms with Crippen molar-refractivity contribution in [1.29, 1.82) is 0 Å². The van der Waals surface area contributed by atoms with E-state index >= 15 is 0 Å². The zero-order valence-electron chi connectivity index (χ0n) is 19.9. The Morgan fingerprint density at radius 2 is 1.94 bits per heavy atom. The lowest BCUT2D eigenvalue weighted by Gasteiger charge is -2.37. The molecule has 0 amide bonds. The summed E-state index contributed by atoms with van der Waals surface area (Å²) in [7, 11) is 1.91. The summed E-state index contributed by atoms with van der Waals surface area (Å²) in [5.74, 6) is 1.43. The molecule has 176 valence electrons. The first-order valence-electron chi connectivity index (χ1n) is 11.6. The van der Waals surface area contributed by atoms with Crippen LogP contribution in [0.15, 0.2) is 18.2 Å². The van der Waals surface area contributed by atoms with Crippen molar-refractivity contribution in [3.63, 3.8) is 0 Å². The average molecular weight is 485 g/mol. The normalized spacial score (nSPS) is 18.6. The number of ether oxygens (including phenoxy) is 1. The highest BCUT2D eigenvalue weighted by Gasteiger charge is 2.24. The minimum absolute atomic E-state index is 0.386. The molecule has 3 heterocycles. The van der Waals surface area contributed by atoms with Crippen molar-refractivity contribution >= 4 is 40.5 Å². The lowest BCUT2D eigenvalue weighted by molar-refractivity contribution is 0.258. The maximum absolute atomic E-state index is 5.96. The van der Waals surface area contributed by atoms with E-state index in [1.54, 1.807) is 0 Å². The third-order valence-electron chi connectivity index (χ3n) is 5.89. The van der Waals surface area contributed by atoms with E-state index in [1.807, 2.05) is 30.8 Å². The largest absolute Gasteiger partial charge is 0.493 e. The summed E-state index contributed by atoms with van der Waals surface area (Å²) in [6, 6.07) is 6.86. The van der Waals surface area contributed by atoms with Crippen molar-refractivity contribution in [3.05, 3.63) is 34.1 Å². The fourth-order valence-corrected chi connectivity index (χ4v) is 5.20. The van der Waals surface area contributed by atoms with Gasteiger partial charge in [-0.3, -0.25) is 4.68 Å². The Bertz CT molecular complexity index is 1220. The van der Waals surface area contributed by atoms with Gasteiger partial charge in [0.1, 0.15) is 22.1 Å². The van der Waals surface area contributed by atoms with Gasteiger partial charge in [-0.2, -0.15) is 5.10 Å². The molecule has 1 fully saturated rings. The second kappa shape index (κ2) is 9.87. The summed E-state index contributed by atoms with van der Waals surface area (Å²) in [6.45, 7) is 10.8. The van der Waals surface area contributed by atoms with E-state index in [-0.39, 0.29) is 0 Å². The standard InChI is InChI=1S/C24H32N6OS2/c1-6-8-18-20-21(29(5)28-18)23(32)27-22(26-20)17-11-16(9-10-19(17)31-7-2)24(33)30-12-14(3)25-15(4)13-30/h9-11,14-15,25H,6-8,12-13H2,1-5H3,(H,26,27,32)/t14-,15+. The number of fused-ring (bicyclic) bond motifs is 1. The predicted molar refractivity (Wildman–Crippen MR) is 140 cm³/mol. The third-order valence-corrected chi connectivity index (χ3v) is 6.67. The highest BCUT2D eigenvalue weighted by Crippen LogP contribution is 2.31. The predicted octanol–water partition coefficient (Wildman–Crippen LogP) is 4.40. The number of rotatable bonds is 6. The molecule has 9 heteroatoms. The van der Waals surface area contributed by atoms with Gasteiger partial charge < -0.3 is 19.9 Å². The first-order valence-corrected chi connectivity index (χ1v) is 12.4. The maximum atomic E-state index is 5.96. The van der Waals surface area contributed by atoms with Crippen LogP contribution in [-0.4, -0.2) is 61.4 Å². The quantitative estimate of drug-likeness (QED) is 0.503. The molecule has 0 bridgehead atoms. The van der Waals surface area contributed by atoms with E-state index in [1.165, 1.54) is 0 Å². The van der Waals surface area contributed by atoms with Crippen molar-refractivity contribution in [2.75, 3.05) is 19.7 Å². The number of hydrogen-bond donors (Lipinski definition) is 2. The minimum atomic E-state index is 0.386. The van der Waals surface area contributed by atoms with Gasteiger partial charge in [-0.25, -0.2) is 4.98 Å². The van der Waals surface area contributed by atoms with Crippen LogP contribution in [0.3, 0.4) is 0 Å². The molecule has 1 aliphatic heterocycles. The van der Waals surface area contributed by atoms with Gasteiger partial charge >= 0.3 is 0 Å². The summed E-state index contributed by atoms with van der Waals surface area (Å²) >= 11 is 11.6. The summed E-state index contributed by atoms with van der Waals surface area (Å²) < 4.78 is 8.30. The molecular weight excluding hydrogens is 452 g/mol. The molecule has 0 radical (unpaired) electrons. The molecule has 1 aromatic carbocycles. The highest BCUT2D eigenvalue weighted by molar-refractivity contribution is 7.80. The smallest absolute Gasteiger partial charge is 0.156 e. The summed E-state index contributed by atoms with van der Waals surface area (Å²) in [5, 5.41) is 8.23.